The maximum absolute atomic E-state index is 2.61. The monoisotopic (exact) mass is 942 g/mol. The van der Waals surface area contributed by atoms with Crippen LogP contribution in [0.3, 0.4) is 0 Å². The van der Waals surface area contributed by atoms with Crippen LogP contribution < -0.4 is 26.2 Å². The standard InChI is InChI=1S/C71H51BN2/c1-70(2,3)52-43-67-69-68(44-52)74(54-40-50(47-23-9-5-10-24-47)39-51(41-54)48-25-11-6-12-26-48)66-42-49(46-21-7-4-8-22-46)35-38-64(66)72(69)63-33-19-20-34-65(63)73(67)53-36-37-62-58(45-53)57-29-15-18-32-61(57)71(62)59-30-16-13-27-55(59)56-28-14-17-31-60(56)71/h4-45H,1-3H3. The molecule has 0 fully saturated rings. The van der Waals surface area contributed by atoms with Gasteiger partial charge in [0.25, 0.3) is 6.71 Å². The number of anilines is 6. The second kappa shape index (κ2) is 16.0. The number of benzene rings is 11. The third-order valence-corrected chi connectivity index (χ3v) is 16.6. The first-order valence-electron chi connectivity index (χ1n) is 26.1. The van der Waals surface area contributed by atoms with E-state index in [4.69, 9.17) is 0 Å². The molecule has 0 N–H and O–H groups in total. The Morgan fingerprint density at radius 3 is 1.34 bits per heavy atom. The molecule has 3 heteroatoms. The van der Waals surface area contributed by atoms with Crippen LogP contribution in [0.5, 0.6) is 0 Å². The average Bonchev–Trinajstić information content (AvgIpc) is 3.92. The lowest BCUT2D eigenvalue weighted by atomic mass is 9.33. The molecular weight excluding hydrogens is 892 g/mol. The van der Waals surface area contributed by atoms with Crippen molar-refractivity contribution >= 4 is 57.2 Å². The summed E-state index contributed by atoms with van der Waals surface area (Å²) in [7, 11) is 0. The van der Waals surface area contributed by atoms with Crippen molar-refractivity contribution < 1.29 is 0 Å². The molecule has 0 amide bonds. The number of hydrogen-bond acceptors (Lipinski definition) is 2. The van der Waals surface area contributed by atoms with Crippen LogP contribution in [-0.2, 0) is 10.8 Å². The highest BCUT2D eigenvalue weighted by atomic mass is 15.2. The molecule has 0 radical (unpaired) electrons. The van der Waals surface area contributed by atoms with Crippen molar-refractivity contribution in [1.82, 2.24) is 0 Å². The van der Waals surface area contributed by atoms with Crippen molar-refractivity contribution in [2.24, 2.45) is 0 Å². The fourth-order valence-corrected chi connectivity index (χ4v) is 13.3. The zero-order chi connectivity index (χ0) is 49.3. The van der Waals surface area contributed by atoms with E-state index < -0.39 is 5.41 Å². The minimum Gasteiger partial charge on any atom is -0.311 e. The molecule has 11 aromatic rings. The van der Waals surface area contributed by atoms with Crippen molar-refractivity contribution in [3.05, 3.63) is 283 Å². The van der Waals surface area contributed by atoms with Gasteiger partial charge >= 0.3 is 0 Å². The second-order valence-corrected chi connectivity index (χ2v) is 21.6. The summed E-state index contributed by atoms with van der Waals surface area (Å²) in [5.41, 5.74) is 29.5. The maximum Gasteiger partial charge on any atom is 0.252 e. The summed E-state index contributed by atoms with van der Waals surface area (Å²) >= 11 is 0. The molecule has 0 aromatic heterocycles. The Labute approximate surface area is 434 Å². The zero-order valence-corrected chi connectivity index (χ0v) is 41.7. The van der Waals surface area contributed by atoms with Crippen LogP contribution in [0, 0.1) is 0 Å². The molecule has 0 unspecified atom stereocenters. The van der Waals surface area contributed by atoms with E-state index in [1.807, 2.05) is 0 Å². The van der Waals surface area contributed by atoms with Crippen LogP contribution in [0.15, 0.2) is 255 Å². The molecule has 1 spiro atoms. The lowest BCUT2D eigenvalue weighted by Gasteiger charge is -2.45. The van der Waals surface area contributed by atoms with Gasteiger partial charge in [-0.15, -0.1) is 0 Å². The minimum atomic E-state index is -0.413. The van der Waals surface area contributed by atoms with Gasteiger partial charge < -0.3 is 9.80 Å². The van der Waals surface area contributed by atoms with E-state index in [0.717, 1.165) is 11.4 Å². The highest BCUT2D eigenvalue weighted by molar-refractivity contribution is 7.00. The SMILES string of the molecule is CC(C)(C)c1cc2c3c(c1)N(c1cc(-c4ccccc4)cc(-c4ccccc4)c1)c1cc(-c4ccccc4)ccc1B3c1ccccc1N2c1ccc2c(c1)-c1ccccc1C21c2ccccc2-c2ccccc21. The average molecular weight is 943 g/mol. The van der Waals surface area contributed by atoms with Crippen molar-refractivity contribution in [2.75, 3.05) is 9.80 Å². The number of nitrogens with zero attached hydrogens (tertiary/aromatic N) is 2. The maximum atomic E-state index is 2.61. The molecular formula is C71H51BN2. The molecule has 4 aliphatic rings. The number of hydrogen-bond donors (Lipinski definition) is 0. The van der Waals surface area contributed by atoms with Gasteiger partial charge in [-0.3, -0.25) is 0 Å². The largest absolute Gasteiger partial charge is 0.311 e. The van der Waals surface area contributed by atoms with E-state index >= 15 is 0 Å². The van der Waals surface area contributed by atoms with Crippen LogP contribution in [0.4, 0.5) is 34.1 Å². The quantitative estimate of drug-likeness (QED) is 0.159. The smallest absolute Gasteiger partial charge is 0.252 e. The second-order valence-electron chi connectivity index (χ2n) is 21.6. The highest BCUT2D eigenvalue weighted by Gasteiger charge is 2.52. The lowest BCUT2D eigenvalue weighted by molar-refractivity contribution is 0.590. The van der Waals surface area contributed by atoms with Crippen LogP contribution >= 0.6 is 0 Å². The van der Waals surface area contributed by atoms with E-state index in [2.05, 4.69) is 285 Å². The van der Waals surface area contributed by atoms with Crippen LogP contribution in [0.25, 0.3) is 55.6 Å². The fraction of sp³-hybridized carbons (Fsp3) is 0.0704. The Kier molecular flexibility index (Phi) is 9.27. The molecule has 2 nitrogen and oxygen atoms in total. The fourth-order valence-electron chi connectivity index (χ4n) is 13.3. The normalized spacial score (nSPS) is 13.9. The van der Waals surface area contributed by atoms with Gasteiger partial charge in [-0.1, -0.05) is 221 Å². The Morgan fingerprint density at radius 2 is 0.770 bits per heavy atom. The topological polar surface area (TPSA) is 6.48 Å². The van der Waals surface area contributed by atoms with Gasteiger partial charge in [-0.25, -0.2) is 0 Å². The summed E-state index contributed by atoms with van der Waals surface area (Å²) in [5, 5.41) is 0. The zero-order valence-electron chi connectivity index (χ0n) is 41.7. The van der Waals surface area contributed by atoms with Gasteiger partial charge in [-0.2, -0.15) is 0 Å². The Morgan fingerprint density at radius 1 is 0.311 bits per heavy atom. The number of para-hydroxylation sites is 1. The predicted molar refractivity (Wildman–Crippen MR) is 312 cm³/mol. The summed E-state index contributed by atoms with van der Waals surface area (Å²) < 4.78 is 0. The molecule has 15 rings (SSSR count). The molecule has 0 saturated heterocycles. The van der Waals surface area contributed by atoms with Gasteiger partial charge in [0, 0.05) is 34.1 Å². The van der Waals surface area contributed by atoms with E-state index in [-0.39, 0.29) is 12.1 Å². The molecule has 2 heterocycles. The summed E-state index contributed by atoms with van der Waals surface area (Å²) in [5.74, 6) is 0. The van der Waals surface area contributed by atoms with Crippen LogP contribution in [-0.4, -0.2) is 6.71 Å². The molecule has 2 aliphatic carbocycles. The van der Waals surface area contributed by atoms with Crippen molar-refractivity contribution in [3.63, 3.8) is 0 Å². The van der Waals surface area contributed by atoms with Crippen LogP contribution in [0.1, 0.15) is 48.6 Å². The Balaban J connectivity index is 1.01. The summed E-state index contributed by atoms with van der Waals surface area (Å²) in [6, 6.07) is 96.0. The summed E-state index contributed by atoms with van der Waals surface area (Å²) in [6.45, 7) is 7.07. The van der Waals surface area contributed by atoms with Crippen molar-refractivity contribution in [2.45, 2.75) is 31.6 Å². The number of rotatable bonds is 5. The van der Waals surface area contributed by atoms with Gasteiger partial charge in [0.05, 0.1) is 5.41 Å². The van der Waals surface area contributed by atoms with Crippen molar-refractivity contribution in [1.29, 1.82) is 0 Å². The van der Waals surface area contributed by atoms with Crippen LogP contribution in [0.2, 0.25) is 0 Å². The first kappa shape index (κ1) is 42.7. The molecule has 0 atom stereocenters. The van der Waals surface area contributed by atoms with Crippen molar-refractivity contribution in [3.8, 4) is 55.6 Å². The lowest BCUT2D eigenvalue weighted by Crippen LogP contribution is -2.61. The molecule has 74 heavy (non-hydrogen) atoms. The summed E-state index contributed by atoms with van der Waals surface area (Å²) in [6.07, 6.45) is 0. The van der Waals surface area contributed by atoms with E-state index in [1.54, 1.807) is 0 Å². The van der Waals surface area contributed by atoms with Gasteiger partial charge in [0.2, 0.25) is 0 Å². The third kappa shape index (κ3) is 6.14. The minimum absolute atomic E-state index is 0.0200. The van der Waals surface area contributed by atoms with Gasteiger partial charge in [0.15, 0.2) is 0 Å². The molecule has 11 aromatic carbocycles. The first-order valence-corrected chi connectivity index (χ1v) is 26.1. The summed E-state index contributed by atoms with van der Waals surface area (Å²) in [4.78, 5) is 5.21. The molecule has 0 bridgehead atoms. The van der Waals surface area contributed by atoms with E-state index in [0.29, 0.717) is 0 Å². The third-order valence-electron chi connectivity index (χ3n) is 16.6. The highest BCUT2D eigenvalue weighted by Crippen LogP contribution is 2.63. The Hall–Kier alpha value is -8.92. The molecule has 0 saturated carbocycles. The Bertz CT molecular complexity index is 3970. The van der Waals surface area contributed by atoms with E-state index in [9.17, 15) is 0 Å². The van der Waals surface area contributed by atoms with Gasteiger partial charge in [-0.05, 0) is 160 Å². The molecule has 348 valence electrons. The van der Waals surface area contributed by atoms with E-state index in [1.165, 1.54) is 123 Å². The number of fused-ring (bicyclic) bond motifs is 14. The first-order chi connectivity index (χ1) is 36.3. The van der Waals surface area contributed by atoms with Gasteiger partial charge in [0.1, 0.15) is 0 Å². The predicted octanol–water partition coefficient (Wildman–Crippen LogP) is 16.4. The molecule has 2 aliphatic heterocycles.